The summed E-state index contributed by atoms with van der Waals surface area (Å²) in [7, 11) is 1.68. The minimum absolute atomic E-state index is 0.0828. The molecule has 0 aliphatic carbocycles. The standard InChI is InChI=1S/C21H25FN2O2/c1-26-20-9-2-5-17(15-20)6-4-10-23-11-13-24(14-12-23)21(25)18-7-3-8-19(22)16-18/h2-3,5,7-9,15-16H,4,6,10-14H2,1H3. The molecule has 0 aromatic heterocycles. The van der Waals surface area contributed by atoms with Crippen molar-refractivity contribution in [2.75, 3.05) is 39.8 Å². The first-order valence-corrected chi connectivity index (χ1v) is 9.06. The summed E-state index contributed by atoms with van der Waals surface area (Å²) in [6.45, 7) is 4.11. The summed E-state index contributed by atoms with van der Waals surface area (Å²) >= 11 is 0. The lowest BCUT2D eigenvalue weighted by molar-refractivity contribution is 0.0635. The molecule has 0 saturated carbocycles. The molecule has 1 amide bonds. The number of hydrogen-bond acceptors (Lipinski definition) is 3. The van der Waals surface area contributed by atoms with Crippen LogP contribution < -0.4 is 4.74 Å². The van der Waals surface area contributed by atoms with E-state index < -0.39 is 0 Å². The van der Waals surface area contributed by atoms with Crippen LogP contribution in [0, 0.1) is 5.82 Å². The lowest BCUT2D eigenvalue weighted by atomic mass is 10.1. The first-order valence-electron chi connectivity index (χ1n) is 9.06. The average Bonchev–Trinajstić information content (AvgIpc) is 2.68. The van der Waals surface area contributed by atoms with Crippen molar-refractivity contribution < 1.29 is 13.9 Å². The highest BCUT2D eigenvalue weighted by Crippen LogP contribution is 2.15. The fourth-order valence-corrected chi connectivity index (χ4v) is 3.31. The summed E-state index contributed by atoms with van der Waals surface area (Å²) in [5, 5.41) is 0. The Labute approximate surface area is 154 Å². The largest absolute Gasteiger partial charge is 0.497 e. The second kappa shape index (κ2) is 8.81. The van der Waals surface area contributed by atoms with Crippen molar-refractivity contribution >= 4 is 5.91 Å². The normalized spacial score (nSPS) is 15.1. The van der Waals surface area contributed by atoms with Crippen LogP contribution in [0.4, 0.5) is 4.39 Å². The van der Waals surface area contributed by atoms with Gasteiger partial charge in [0.15, 0.2) is 0 Å². The summed E-state index contributed by atoms with van der Waals surface area (Å²) in [6.07, 6.45) is 2.09. The lowest BCUT2D eigenvalue weighted by Crippen LogP contribution is -2.48. The molecule has 138 valence electrons. The molecule has 0 atom stereocenters. The molecule has 3 rings (SSSR count). The van der Waals surface area contributed by atoms with Crippen molar-refractivity contribution in [2.24, 2.45) is 0 Å². The molecule has 1 aliphatic heterocycles. The minimum atomic E-state index is -0.368. The number of halogens is 1. The van der Waals surface area contributed by atoms with Crippen LogP contribution in [-0.2, 0) is 6.42 Å². The van der Waals surface area contributed by atoms with Crippen LogP contribution in [0.15, 0.2) is 48.5 Å². The molecule has 0 unspecified atom stereocenters. The van der Waals surface area contributed by atoms with Gasteiger partial charge in [0.25, 0.3) is 5.91 Å². The molecule has 4 nitrogen and oxygen atoms in total. The second-order valence-corrected chi connectivity index (χ2v) is 6.60. The molecule has 1 heterocycles. The van der Waals surface area contributed by atoms with E-state index in [-0.39, 0.29) is 11.7 Å². The van der Waals surface area contributed by atoms with Gasteiger partial charge < -0.3 is 9.64 Å². The maximum atomic E-state index is 13.3. The number of rotatable bonds is 6. The van der Waals surface area contributed by atoms with E-state index in [1.807, 2.05) is 17.0 Å². The smallest absolute Gasteiger partial charge is 0.254 e. The van der Waals surface area contributed by atoms with Gasteiger partial charge in [-0.1, -0.05) is 18.2 Å². The van der Waals surface area contributed by atoms with Crippen molar-refractivity contribution in [3.8, 4) is 5.75 Å². The van der Waals surface area contributed by atoms with E-state index in [2.05, 4.69) is 17.0 Å². The third-order valence-electron chi connectivity index (χ3n) is 4.81. The molecular weight excluding hydrogens is 331 g/mol. The zero-order valence-corrected chi connectivity index (χ0v) is 15.2. The fraction of sp³-hybridized carbons (Fsp3) is 0.381. The lowest BCUT2D eigenvalue weighted by Gasteiger charge is -2.34. The van der Waals surface area contributed by atoms with Gasteiger partial charge in [-0.05, 0) is 55.3 Å². The van der Waals surface area contributed by atoms with Crippen LogP contribution in [0.5, 0.6) is 5.75 Å². The second-order valence-electron chi connectivity index (χ2n) is 6.60. The zero-order chi connectivity index (χ0) is 18.4. The summed E-state index contributed by atoms with van der Waals surface area (Å²) in [4.78, 5) is 16.6. The topological polar surface area (TPSA) is 32.8 Å². The van der Waals surface area contributed by atoms with Crippen LogP contribution in [0.25, 0.3) is 0 Å². The Morgan fingerprint density at radius 1 is 1.08 bits per heavy atom. The summed E-state index contributed by atoms with van der Waals surface area (Å²) in [5.41, 5.74) is 1.71. The van der Waals surface area contributed by atoms with E-state index in [0.717, 1.165) is 38.2 Å². The predicted molar refractivity (Wildman–Crippen MR) is 100 cm³/mol. The molecule has 26 heavy (non-hydrogen) atoms. The third-order valence-corrected chi connectivity index (χ3v) is 4.81. The van der Waals surface area contributed by atoms with Gasteiger partial charge in [0.05, 0.1) is 7.11 Å². The van der Waals surface area contributed by atoms with Crippen LogP contribution in [0.2, 0.25) is 0 Å². The molecule has 0 radical (unpaired) electrons. The van der Waals surface area contributed by atoms with Crippen LogP contribution in [-0.4, -0.2) is 55.5 Å². The quantitative estimate of drug-likeness (QED) is 0.797. The Morgan fingerprint density at radius 3 is 2.58 bits per heavy atom. The van der Waals surface area contributed by atoms with Gasteiger partial charge in [-0.3, -0.25) is 9.69 Å². The number of carbonyl (C=O) groups excluding carboxylic acids is 1. The number of carbonyl (C=O) groups is 1. The maximum Gasteiger partial charge on any atom is 0.254 e. The number of piperazine rings is 1. The molecular formula is C21H25FN2O2. The van der Waals surface area contributed by atoms with E-state index >= 15 is 0 Å². The van der Waals surface area contributed by atoms with Crippen molar-refractivity contribution in [3.63, 3.8) is 0 Å². The Kier molecular flexibility index (Phi) is 6.23. The Morgan fingerprint density at radius 2 is 1.85 bits per heavy atom. The highest BCUT2D eigenvalue weighted by atomic mass is 19.1. The summed E-state index contributed by atoms with van der Waals surface area (Å²) in [5.74, 6) is 0.444. The Balaban J connectivity index is 1.43. The summed E-state index contributed by atoms with van der Waals surface area (Å²) in [6, 6.07) is 14.1. The molecule has 1 aliphatic rings. The SMILES string of the molecule is COc1cccc(CCCN2CCN(C(=O)c3cccc(F)c3)CC2)c1. The maximum absolute atomic E-state index is 13.3. The Bertz CT molecular complexity index is 742. The molecule has 0 bridgehead atoms. The van der Waals surface area contributed by atoms with Gasteiger partial charge in [-0.2, -0.15) is 0 Å². The number of ether oxygens (including phenoxy) is 1. The summed E-state index contributed by atoms with van der Waals surface area (Å²) < 4.78 is 18.6. The minimum Gasteiger partial charge on any atom is -0.497 e. The van der Waals surface area contributed by atoms with Crippen molar-refractivity contribution in [1.82, 2.24) is 9.80 Å². The van der Waals surface area contributed by atoms with Gasteiger partial charge in [0, 0.05) is 31.7 Å². The highest BCUT2D eigenvalue weighted by molar-refractivity contribution is 5.94. The van der Waals surface area contributed by atoms with Gasteiger partial charge in [0.1, 0.15) is 11.6 Å². The monoisotopic (exact) mass is 356 g/mol. The van der Waals surface area contributed by atoms with Crippen LogP contribution in [0.3, 0.4) is 0 Å². The van der Waals surface area contributed by atoms with Crippen molar-refractivity contribution in [2.45, 2.75) is 12.8 Å². The molecule has 0 spiro atoms. The van der Waals surface area contributed by atoms with E-state index in [0.29, 0.717) is 18.7 Å². The van der Waals surface area contributed by atoms with E-state index in [9.17, 15) is 9.18 Å². The molecule has 1 fully saturated rings. The first-order chi connectivity index (χ1) is 12.7. The number of nitrogens with zero attached hydrogens (tertiary/aromatic N) is 2. The molecule has 2 aromatic rings. The van der Waals surface area contributed by atoms with E-state index in [1.165, 1.54) is 17.7 Å². The average molecular weight is 356 g/mol. The van der Waals surface area contributed by atoms with E-state index in [4.69, 9.17) is 4.74 Å². The van der Waals surface area contributed by atoms with Crippen molar-refractivity contribution in [3.05, 3.63) is 65.5 Å². The number of amides is 1. The first kappa shape index (κ1) is 18.4. The van der Waals surface area contributed by atoms with Gasteiger partial charge >= 0.3 is 0 Å². The van der Waals surface area contributed by atoms with Crippen LogP contribution >= 0.6 is 0 Å². The highest BCUT2D eigenvalue weighted by Gasteiger charge is 2.22. The Hall–Kier alpha value is -2.40. The van der Waals surface area contributed by atoms with E-state index in [1.54, 1.807) is 19.2 Å². The number of aryl methyl sites for hydroxylation is 1. The van der Waals surface area contributed by atoms with Gasteiger partial charge in [-0.15, -0.1) is 0 Å². The number of benzene rings is 2. The van der Waals surface area contributed by atoms with Gasteiger partial charge in [0.2, 0.25) is 0 Å². The molecule has 0 N–H and O–H groups in total. The third kappa shape index (κ3) is 4.82. The predicted octanol–water partition coefficient (Wildman–Crippen LogP) is 3.22. The molecule has 2 aromatic carbocycles. The molecule has 5 heteroatoms. The van der Waals surface area contributed by atoms with Crippen molar-refractivity contribution in [1.29, 1.82) is 0 Å². The van der Waals surface area contributed by atoms with Crippen LogP contribution in [0.1, 0.15) is 22.3 Å². The van der Waals surface area contributed by atoms with Gasteiger partial charge in [-0.25, -0.2) is 4.39 Å². The number of hydrogen-bond donors (Lipinski definition) is 0. The molecule has 1 saturated heterocycles. The number of methoxy groups -OCH3 is 1. The fourth-order valence-electron chi connectivity index (χ4n) is 3.31. The zero-order valence-electron chi connectivity index (χ0n) is 15.2.